The van der Waals surface area contributed by atoms with E-state index in [0.29, 0.717) is 13.2 Å². The molecule has 114 valence electrons. The highest BCUT2D eigenvalue weighted by Crippen LogP contribution is 2.31. The van der Waals surface area contributed by atoms with E-state index in [4.69, 9.17) is 10.5 Å². The lowest BCUT2D eigenvalue weighted by Gasteiger charge is -2.28. The predicted octanol–water partition coefficient (Wildman–Crippen LogP) is 2.49. The Hall–Kier alpha value is -2.24. The van der Waals surface area contributed by atoms with Crippen molar-refractivity contribution in [3.8, 4) is 11.1 Å². The normalized spacial score (nSPS) is 14.1. The highest BCUT2D eigenvalue weighted by Gasteiger charge is 2.25. The number of H-pyrrole nitrogens is 1. The van der Waals surface area contributed by atoms with Crippen molar-refractivity contribution in [3.05, 3.63) is 48.3 Å². The molecular formula is C17H20N4O. The molecule has 0 aliphatic rings. The number of rotatable bonds is 5. The quantitative estimate of drug-likeness (QED) is 0.758. The summed E-state index contributed by atoms with van der Waals surface area (Å²) in [5.74, 6) is 0. The van der Waals surface area contributed by atoms with Crippen LogP contribution in [0.1, 0.15) is 12.5 Å². The smallest absolute Gasteiger partial charge is 0.155 e. The number of pyridine rings is 1. The van der Waals surface area contributed by atoms with Crippen LogP contribution in [0, 0.1) is 0 Å². The summed E-state index contributed by atoms with van der Waals surface area (Å²) < 4.78 is 5.35. The third-order valence-electron chi connectivity index (χ3n) is 4.14. The van der Waals surface area contributed by atoms with Gasteiger partial charge in [-0.05, 0) is 22.8 Å². The molecule has 3 N–H and O–H groups in total. The van der Waals surface area contributed by atoms with E-state index in [1.807, 2.05) is 12.3 Å². The molecule has 0 amide bonds. The van der Waals surface area contributed by atoms with Crippen LogP contribution < -0.4 is 5.73 Å². The number of fused-ring (bicyclic) bond motifs is 1. The first-order valence-electron chi connectivity index (χ1n) is 7.26. The molecule has 3 aromatic rings. The molecule has 0 spiro atoms. The average molecular weight is 296 g/mol. The number of benzene rings is 1. The lowest BCUT2D eigenvalue weighted by Crippen LogP contribution is -2.36. The van der Waals surface area contributed by atoms with Crippen LogP contribution in [0.5, 0.6) is 0 Å². The second-order valence-corrected chi connectivity index (χ2v) is 5.77. The first-order chi connectivity index (χ1) is 10.7. The second kappa shape index (κ2) is 5.87. The number of hydrogen-bond acceptors (Lipinski definition) is 4. The van der Waals surface area contributed by atoms with Crippen molar-refractivity contribution in [1.29, 1.82) is 0 Å². The fourth-order valence-corrected chi connectivity index (χ4v) is 2.74. The van der Waals surface area contributed by atoms with E-state index in [1.165, 1.54) is 5.56 Å². The number of nitrogens with one attached hydrogen (secondary N) is 1. The van der Waals surface area contributed by atoms with Crippen LogP contribution >= 0.6 is 0 Å². The van der Waals surface area contributed by atoms with Gasteiger partial charge in [-0.25, -0.2) is 4.98 Å². The molecule has 1 unspecified atom stereocenters. The molecule has 22 heavy (non-hydrogen) atoms. The van der Waals surface area contributed by atoms with Crippen molar-refractivity contribution in [2.75, 3.05) is 20.3 Å². The van der Waals surface area contributed by atoms with Crippen LogP contribution in [0.2, 0.25) is 0 Å². The van der Waals surface area contributed by atoms with Gasteiger partial charge in [0.15, 0.2) is 5.65 Å². The molecule has 0 aliphatic heterocycles. The summed E-state index contributed by atoms with van der Waals surface area (Å²) in [7, 11) is 1.70. The van der Waals surface area contributed by atoms with E-state index >= 15 is 0 Å². The maximum Gasteiger partial charge on any atom is 0.155 e. The van der Waals surface area contributed by atoms with Crippen LogP contribution in [0.15, 0.2) is 42.7 Å². The minimum atomic E-state index is -0.201. The van der Waals surface area contributed by atoms with Gasteiger partial charge in [-0.2, -0.15) is 5.10 Å². The van der Waals surface area contributed by atoms with Gasteiger partial charge in [-0.15, -0.1) is 0 Å². The van der Waals surface area contributed by atoms with Crippen molar-refractivity contribution in [3.63, 3.8) is 0 Å². The molecule has 0 saturated carbocycles. The first-order valence-corrected chi connectivity index (χ1v) is 7.26. The number of hydrogen-bond donors (Lipinski definition) is 2. The molecule has 3 rings (SSSR count). The molecule has 1 aromatic carbocycles. The molecule has 0 fully saturated rings. The van der Waals surface area contributed by atoms with E-state index in [9.17, 15) is 0 Å². The number of nitrogens with two attached hydrogens (primary N) is 1. The standard InChI is InChI=1S/C17H20N4O/c1-17(10-18,11-22-2)13-5-3-4-12(8-13)14-6-7-19-16-15(14)9-20-21-16/h3-9H,10-11,18H2,1-2H3,(H,19,20,21). The molecule has 1 atom stereocenters. The topological polar surface area (TPSA) is 76.8 Å². The summed E-state index contributed by atoms with van der Waals surface area (Å²) in [4.78, 5) is 4.29. The largest absolute Gasteiger partial charge is 0.384 e. The van der Waals surface area contributed by atoms with Crippen molar-refractivity contribution < 1.29 is 4.74 Å². The molecule has 2 heterocycles. The van der Waals surface area contributed by atoms with Crippen LogP contribution in [0.4, 0.5) is 0 Å². The van der Waals surface area contributed by atoms with Gasteiger partial charge in [0.2, 0.25) is 0 Å². The van der Waals surface area contributed by atoms with E-state index in [2.05, 4.69) is 46.4 Å². The fourth-order valence-electron chi connectivity index (χ4n) is 2.74. The van der Waals surface area contributed by atoms with Gasteiger partial charge in [0.25, 0.3) is 0 Å². The van der Waals surface area contributed by atoms with Gasteiger partial charge in [0, 0.05) is 30.7 Å². The summed E-state index contributed by atoms with van der Waals surface area (Å²) in [6, 6.07) is 10.4. The SMILES string of the molecule is COCC(C)(CN)c1cccc(-c2ccnc3[nH]ncc23)c1. The van der Waals surface area contributed by atoms with Crippen LogP contribution in [0.25, 0.3) is 22.2 Å². The molecule has 0 aliphatic carbocycles. The molecule has 0 radical (unpaired) electrons. The van der Waals surface area contributed by atoms with Gasteiger partial charge in [-0.1, -0.05) is 31.2 Å². The van der Waals surface area contributed by atoms with Gasteiger partial charge >= 0.3 is 0 Å². The van der Waals surface area contributed by atoms with Crippen molar-refractivity contribution in [1.82, 2.24) is 15.2 Å². The summed E-state index contributed by atoms with van der Waals surface area (Å²) in [5.41, 5.74) is 9.98. The molecule has 5 heteroatoms. The molecular weight excluding hydrogens is 276 g/mol. The van der Waals surface area contributed by atoms with Crippen LogP contribution in [0.3, 0.4) is 0 Å². The third kappa shape index (κ3) is 2.49. The maximum atomic E-state index is 5.98. The highest BCUT2D eigenvalue weighted by atomic mass is 16.5. The average Bonchev–Trinajstić information content (AvgIpc) is 3.03. The number of methoxy groups -OCH3 is 1. The van der Waals surface area contributed by atoms with E-state index in [0.717, 1.165) is 22.2 Å². The Labute approximate surface area is 129 Å². The van der Waals surface area contributed by atoms with E-state index < -0.39 is 0 Å². The Morgan fingerprint density at radius 3 is 2.95 bits per heavy atom. The maximum absolute atomic E-state index is 5.98. The molecule has 5 nitrogen and oxygen atoms in total. The van der Waals surface area contributed by atoms with Crippen molar-refractivity contribution in [2.24, 2.45) is 5.73 Å². The Balaban J connectivity index is 2.10. The highest BCUT2D eigenvalue weighted by molar-refractivity contribution is 5.92. The van der Waals surface area contributed by atoms with Crippen LogP contribution in [-0.4, -0.2) is 35.4 Å². The zero-order valence-corrected chi connectivity index (χ0v) is 12.8. The first kappa shape index (κ1) is 14.7. The third-order valence-corrected chi connectivity index (χ3v) is 4.14. The minimum Gasteiger partial charge on any atom is -0.384 e. The molecule has 0 saturated heterocycles. The van der Waals surface area contributed by atoms with Crippen LogP contribution in [-0.2, 0) is 10.2 Å². The Morgan fingerprint density at radius 2 is 2.18 bits per heavy atom. The Morgan fingerprint density at radius 1 is 1.32 bits per heavy atom. The summed E-state index contributed by atoms with van der Waals surface area (Å²) in [6.07, 6.45) is 3.60. The summed E-state index contributed by atoms with van der Waals surface area (Å²) in [6.45, 7) is 3.24. The zero-order valence-electron chi connectivity index (χ0n) is 12.8. The molecule has 0 bridgehead atoms. The number of ether oxygens (including phenoxy) is 1. The van der Waals surface area contributed by atoms with E-state index in [1.54, 1.807) is 13.3 Å². The van der Waals surface area contributed by atoms with Crippen molar-refractivity contribution in [2.45, 2.75) is 12.3 Å². The predicted molar refractivity (Wildman–Crippen MR) is 87.6 cm³/mol. The number of aromatic nitrogens is 3. The van der Waals surface area contributed by atoms with Crippen molar-refractivity contribution >= 4 is 11.0 Å². The van der Waals surface area contributed by atoms with Gasteiger partial charge in [-0.3, -0.25) is 5.10 Å². The summed E-state index contributed by atoms with van der Waals surface area (Å²) >= 11 is 0. The van der Waals surface area contributed by atoms with Gasteiger partial charge < -0.3 is 10.5 Å². The van der Waals surface area contributed by atoms with Gasteiger partial charge in [0.1, 0.15) is 0 Å². The van der Waals surface area contributed by atoms with E-state index in [-0.39, 0.29) is 5.41 Å². The monoisotopic (exact) mass is 296 g/mol. The Bertz CT molecular complexity index is 783. The Kier molecular flexibility index (Phi) is 3.92. The second-order valence-electron chi connectivity index (χ2n) is 5.77. The summed E-state index contributed by atoms with van der Waals surface area (Å²) in [5, 5.41) is 8.00. The zero-order chi connectivity index (χ0) is 15.6. The van der Waals surface area contributed by atoms with Gasteiger partial charge in [0.05, 0.1) is 12.8 Å². The fraction of sp³-hybridized carbons (Fsp3) is 0.294. The lowest BCUT2D eigenvalue weighted by molar-refractivity contribution is 0.141. The molecule has 2 aromatic heterocycles. The minimum absolute atomic E-state index is 0.201. The number of aromatic amines is 1. The lowest BCUT2D eigenvalue weighted by atomic mass is 9.82. The number of nitrogens with zero attached hydrogens (tertiary/aromatic N) is 2.